The Balaban J connectivity index is 0. The summed E-state index contributed by atoms with van der Waals surface area (Å²) in [5, 5.41) is 0. The molecule has 0 aromatic rings. The average Bonchev–Trinajstić information content (AvgIpc) is 2.54. The van der Waals surface area contributed by atoms with E-state index < -0.39 is 0 Å². The first-order valence-electron chi connectivity index (χ1n) is 5.51. The van der Waals surface area contributed by atoms with Crippen LogP contribution in [0.2, 0.25) is 0 Å². The molecule has 0 amide bonds. The van der Waals surface area contributed by atoms with Crippen LogP contribution < -0.4 is 24.8 Å². The first kappa shape index (κ1) is 19.3. The Morgan fingerprint density at radius 1 is 1.12 bits per heavy atom. The van der Waals surface area contributed by atoms with Gasteiger partial charge in [0.1, 0.15) is 0 Å². The summed E-state index contributed by atoms with van der Waals surface area (Å²) in [6.45, 7) is 4.61. The van der Waals surface area contributed by atoms with Crippen molar-refractivity contribution >= 4 is 0 Å². The predicted octanol–water partition coefficient (Wildman–Crippen LogP) is -1.96. The zero-order valence-electron chi connectivity index (χ0n) is 10.1. The van der Waals surface area contributed by atoms with E-state index in [1.165, 1.54) is 43.3 Å². The average molecular weight is 337 g/mol. The second-order valence-electron chi connectivity index (χ2n) is 4.85. The van der Waals surface area contributed by atoms with Gasteiger partial charge >= 0.3 is 26.2 Å². The third-order valence-electron chi connectivity index (χ3n) is 3.57. The minimum absolute atomic E-state index is 0. The normalized spacial score (nSPS) is 21.9. The van der Waals surface area contributed by atoms with Crippen LogP contribution in [0.1, 0.15) is 52.4 Å². The van der Waals surface area contributed by atoms with Gasteiger partial charge in [-0.1, -0.05) is 39.5 Å². The van der Waals surface area contributed by atoms with Crippen molar-refractivity contribution in [2.45, 2.75) is 52.4 Å². The Hall–Kier alpha value is 0.943. The van der Waals surface area contributed by atoms with Crippen molar-refractivity contribution in [3.63, 3.8) is 0 Å². The summed E-state index contributed by atoms with van der Waals surface area (Å²) in [4.78, 5) is 0. The molecule has 3 heteroatoms. The maximum atomic E-state index is 3.54. The van der Waals surface area contributed by atoms with Crippen molar-refractivity contribution < 1.29 is 51.0 Å². The molecule has 89 valence electrons. The van der Waals surface area contributed by atoms with Gasteiger partial charge in [-0.15, -0.1) is 0 Å². The van der Waals surface area contributed by atoms with Gasteiger partial charge in [-0.05, 0) is 18.3 Å². The molecule has 0 nitrogen and oxygen atoms in total. The van der Waals surface area contributed by atoms with Gasteiger partial charge in [0.15, 0.2) is 0 Å². The van der Waals surface area contributed by atoms with E-state index in [4.69, 9.17) is 0 Å². The zero-order valence-corrected chi connectivity index (χ0v) is 14.0. The molecule has 2 aliphatic rings. The van der Waals surface area contributed by atoms with E-state index in [1.807, 2.05) is 0 Å². The van der Waals surface area contributed by atoms with Gasteiger partial charge in [-0.2, -0.15) is 5.57 Å². The van der Waals surface area contributed by atoms with Crippen LogP contribution in [0.3, 0.4) is 0 Å². The van der Waals surface area contributed by atoms with Crippen LogP contribution in [0.5, 0.6) is 0 Å². The molecule has 1 fully saturated rings. The second-order valence-corrected chi connectivity index (χ2v) is 4.85. The molecule has 0 spiro atoms. The summed E-state index contributed by atoms with van der Waals surface area (Å²) in [6, 6.07) is 0. The number of hydrogen-bond acceptors (Lipinski definition) is 0. The van der Waals surface area contributed by atoms with Crippen LogP contribution >= 0.6 is 0 Å². The van der Waals surface area contributed by atoms with E-state index in [0.717, 1.165) is 6.42 Å². The van der Waals surface area contributed by atoms with E-state index in [9.17, 15) is 0 Å². The quantitative estimate of drug-likeness (QED) is 0.488. The molecule has 16 heavy (non-hydrogen) atoms. The number of halogens is 2. The van der Waals surface area contributed by atoms with Crippen molar-refractivity contribution in [2.24, 2.45) is 5.41 Å². The van der Waals surface area contributed by atoms with Gasteiger partial charge in [-0.25, -0.2) is 17.7 Å². The van der Waals surface area contributed by atoms with Crippen LogP contribution in [-0.2, 0) is 26.2 Å². The topological polar surface area (TPSA) is 0 Å². The molecule has 0 saturated heterocycles. The third-order valence-corrected chi connectivity index (χ3v) is 3.57. The molecule has 0 aromatic heterocycles. The van der Waals surface area contributed by atoms with E-state index >= 15 is 0 Å². The van der Waals surface area contributed by atoms with Crippen LogP contribution in [-0.4, -0.2) is 0 Å². The van der Waals surface area contributed by atoms with Crippen molar-refractivity contribution in [3.8, 4) is 0 Å². The van der Waals surface area contributed by atoms with Gasteiger partial charge in [0.2, 0.25) is 0 Å². The van der Waals surface area contributed by atoms with Crippen LogP contribution in [0, 0.1) is 11.5 Å². The fourth-order valence-corrected chi connectivity index (χ4v) is 2.59. The van der Waals surface area contributed by atoms with E-state index in [1.54, 1.807) is 0 Å². The molecule has 0 heterocycles. The van der Waals surface area contributed by atoms with Crippen LogP contribution in [0.25, 0.3) is 0 Å². The van der Waals surface area contributed by atoms with Crippen molar-refractivity contribution in [1.29, 1.82) is 0 Å². The van der Waals surface area contributed by atoms with Gasteiger partial charge in [0, 0.05) is 0 Å². The molecule has 1 radical (unpaired) electrons. The first-order valence-corrected chi connectivity index (χ1v) is 5.51. The number of hydrogen-bond donors (Lipinski definition) is 0. The van der Waals surface area contributed by atoms with Crippen LogP contribution in [0.4, 0.5) is 0 Å². The maximum Gasteiger partial charge on any atom is 3.00 e. The third kappa shape index (κ3) is 4.32. The summed E-state index contributed by atoms with van der Waals surface area (Å²) in [5.41, 5.74) is 3.39. The van der Waals surface area contributed by atoms with Crippen LogP contribution in [0.15, 0.2) is 17.2 Å². The minimum atomic E-state index is 0. The minimum Gasteiger partial charge on any atom is -1.00 e. The molecule has 2 aliphatic carbocycles. The Morgan fingerprint density at radius 2 is 1.69 bits per heavy atom. The monoisotopic (exact) mass is 335 g/mol. The van der Waals surface area contributed by atoms with E-state index in [0.29, 0.717) is 5.41 Å². The van der Waals surface area contributed by atoms with Crippen molar-refractivity contribution in [1.82, 2.24) is 0 Å². The fourth-order valence-electron chi connectivity index (χ4n) is 2.59. The van der Waals surface area contributed by atoms with E-state index in [-0.39, 0.29) is 51.0 Å². The SMILES string of the molecule is CC1=[C-]C(C2(C)CCCCC2)=CC1.[Cl-].[Cl-].[Zr+3]. The van der Waals surface area contributed by atoms with Gasteiger partial charge < -0.3 is 24.8 Å². The Bertz CT molecular complexity index is 263. The van der Waals surface area contributed by atoms with Crippen molar-refractivity contribution in [3.05, 3.63) is 23.3 Å². The number of rotatable bonds is 1. The summed E-state index contributed by atoms with van der Waals surface area (Å²) in [5.74, 6) is 0. The number of allylic oxidation sites excluding steroid dienone is 4. The van der Waals surface area contributed by atoms with E-state index in [2.05, 4.69) is 26.0 Å². The largest absolute Gasteiger partial charge is 3.00 e. The molecule has 0 aliphatic heterocycles. The summed E-state index contributed by atoms with van der Waals surface area (Å²) in [6.07, 6.45) is 14.1. The molecule has 0 N–H and O–H groups in total. The van der Waals surface area contributed by atoms with Gasteiger partial charge in [0.25, 0.3) is 0 Å². The molecule has 0 aromatic carbocycles. The first-order chi connectivity index (χ1) is 6.21. The van der Waals surface area contributed by atoms with Gasteiger partial charge in [-0.3, -0.25) is 0 Å². The molecule has 1 saturated carbocycles. The Labute approximate surface area is 131 Å². The molecule has 0 atom stereocenters. The zero-order chi connectivity index (χ0) is 9.31. The molecule has 0 bridgehead atoms. The molecule has 2 rings (SSSR count). The second kappa shape index (κ2) is 8.12. The Kier molecular flexibility index (Phi) is 9.78. The Morgan fingerprint density at radius 3 is 2.12 bits per heavy atom. The predicted molar refractivity (Wildman–Crippen MR) is 56.3 cm³/mol. The maximum absolute atomic E-state index is 3.54. The molecular formula is C13H19Cl2Zr. The smallest absolute Gasteiger partial charge is 1.00 e. The summed E-state index contributed by atoms with van der Waals surface area (Å²) >= 11 is 0. The summed E-state index contributed by atoms with van der Waals surface area (Å²) < 4.78 is 0. The van der Waals surface area contributed by atoms with Gasteiger partial charge in [0.05, 0.1) is 0 Å². The molecular weight excluding hydrogens is 318 g/mol. The summed E-state index contributed by atoms with van der Waals surface area (Å²) in [7, 11) is 0. The fraction of sp³-hybridized carbons (Fsp3) is 0.692. The molecule has 0 unspecified atom stereocenters. The standard InChI is InChI=1S/C13H19.2ClH.Zr/c1-11-6-7-12(10-11)13(2)8-4-3-5-9-13;;;/h7H,3-6,8-9H2,1-2H3;2*1H;/q-1;;;+3/p-2. The van der Waals surface area contributed by atoms with Crippen molar-refractivity contribution in [2.75, 3.05) is 0 Å².